The van der Waals surface area contributed by atoms with Gasteiger partial charge in [0, 0.05) is 12.4 Å². The summed E-state index contributed by atoms with van der Waals surface area (Å²) in [6.45, 7) is 0.162. The second kappa shape index (κ2) is 6.93. The predicted molar refractivity (Wildman–Crippen MR) is 113 cm³/mol. The van der Waals surface area contributed by atoms with Crippen molar-refractivity contribution < 1.29 is 9.50 Å². The quantitative estimate of drug-likeness (QED) is 0.481. The number of aliphatic hydroxyl groups is 1. The Labute approximate surface area is 171 Å². The fourth-order valence-electron chi connectivity index (χ4n) is 3.85. The standard InChI is InChI=1S/C22H19FN6O/c1-28-18(13-6-8-14(23)9-7-13)10-15(27-28)11-29-19(12-30)26-20-21(29)16-4-2-3-5-17(16)25-22(20)24/h2-10,30H,11-12H2,1H3,(H2,24,25). The average molecular weight is 402 g/mol. The smallest absolute Gasteiger partial charge is 0.152 e. The summed E-state index contributed by atoms with van der Waals surface area (Å²) in [5.41, 5.74) is 10.8. The first kappa shape index (κ1) is 18.3. The molecule has 2 aromatic carbocycles. The number of fused-ring (bicyclic) bond motifs is 3. The summed E-state index contributed by atoms with van der Waals surface area (Å²) < 4.78 is 17.0. The first-order valence-corrected chi connectivity index (χ1v) is 9.48. The molecule has 3 heterocycles. The van der Waals surface area contributed by atoms with E-state index in [1.165, 1.54) is 12.1 Å². The normalized spacial score (nSPS) is 11.6. The molecule has 0 bridgehead atoms. The van der Waals surface area contributed by atoms with Gasteiger partial charge in [0.2, 0.25) is 0 Å². The van der Waals surface area contributed by atoms with Gasteiger partial charge in [-0.25, -0.2) is 14.4 Å². The molecule has 0 fully saturated rings. The largest absolute Gasteiger partial charge is 0.388 e. The zero-order valence-corrected chi connectivity index (χ0v) is 16.2. The van der Waals surface area contributed by atoms with Crippen molar-refractivity contribution in [2.24, 2.45) is 7.05 Å². The molecule has 3 N–H and O–H groups in total. The minimum absolute atomic E-state index is 0.236. The number of aryl methyl sites for hydroxylation is 1. The number of hydrogen-bond acceptors (Lipinski definition) is 5. The molecular formula is C22H19FN6O. The molecule has 0 radical (unpaired) electrons. The number of aromatic nitrogens is 5. The monoisotopic (exact) mass is 402 g/mol. The molecule has 5 aromatic rings. The third kappa shape index (κ3) is 2.89. The van der Waals surface area contributed by atoms with Gasteiger partial charge in [0.1, 0.15) is 23.8 Å². The van der Waals surface area contributed by atoms with Gasteiger partial charge >= 0.3 is 0 Å². The van der Waals surface area contributed by atoms with Crippen molar-refractivity contribution >= 4 is 27.8 Å². The SMILES string of the molecule is Cn1nc(Cn2c(CO)nc3c(N)nc4ccccc4c32)cc1-c1ccc(F)cc1. The Kier molecular flexibility index (Phi) is 4.22. The van der Waals surface area contributed by atoms with Crippen molar-refractivity contribution in [2.75, 3.05) is 5.73 Å². The molecule has 0 saturated carbocycles. The molecule has 0 unspecified atom stereocenters. The van der Waals surface area contributed by atoms with Crippen LogP contribution in [0, 0.1) is 5.82 Å². The molecule has 150 valence electrons. The summed E-state index contributed by atoms with van der Waals surface area (Å²) in [7, 11) is 1.85. The summed E-state index contributed by atoms with van der Waals surface area (Å²) in [4.78, 5) is 8.96. The summed E-state index contributed by atoms with van der Waals surface area (Å²) in [5, 5.41) is 15.4. The van der Waals surface area contributed by atoms with Gasteiger partial charge in [-0.2, -0.15) is 5.10 Å². The highest BCUT2D eigenvalue weighted by molar-refractivity contribution is 6.06. The average Bonchev–Trinajstić information content (AvgIpc) is 3.30. The zero-order valence-electron chi connectivity index (χ0n) is 16.2. The van der Waals surface area contributed by atoms with E-state index in [1.807, 2.05) is 41.9 Å². The van der Waals surface area contributed by atoms with Crippen LogP contribution in [0.3, 0.4) is 0 Å². The second-order valence-corrected chi connectivity index (χ2v) is 7.14. The van der Waals surface area contributed by atoms with Crippen molar-refractivity contribution in [3.8, 4) is 11.3 Å². The number of nitrogen functional groups attached to an aromatic ring is 1. The molecule has 3 aromatic heterocycles. The van der Waals surface area contributed by atoms with Crippen LogP contribution >= 0.6 is 0 Å². The van der Waals surface area contributed by atoms with Crippen LogP contribution in [0.25, 0.3) is 33.2 Å². The lowest BCUT2D eigenvalue weighted by atomic mass is 10.1. The number of benzene rings is 2. The van der Waals surface area contributed by atoms with Gasteiger partial charge in [-0.05, 0) is 42.0 Å². The first-order chi connectivity index (χ1) is 14.5. The highest BCUT2D eigenvalue weighted by atomic mass is 19.1. The van der Waals surface area contributed by atoms with Crippen LogP contribution in [0.15, 0.2) is 54.6 Å². The van der Waals surface area contributed by atoms with Gasteiger partial charge in [0.05, 0.1) is 29.0 Å². The number of anilines is 1. The van der Waals surface area contributed by atoms with Crippen molar-refractivity contribution in [3.05, 3.63) is 71.9 Å². The third-order valence-corrected chi connectivity index (χ3v) is 5.22. The molecule has 0 aliphatic carbocycles. The number of aliphatic hydroxyl groups excluding tert-OH is 1. The van der Waals surface area contributed by atoms with Crippen LogP contribution in [0.1, 0.15) is 11.5 Å². The number of halogens is 1. The van der Waals surface area contributed by atoms with E-state index in [9.17, 15) is 9.50 Å². The van der Waals surface area contributed by atoms with E-state index in [4.69, 9.17) is 5.73 Å². The number of nitrogens with zero attached hydrogens (tertiary/aromatic N) is 5. The predicted octanol–water partition coefficient (Wildman–Crippen LogP) is 3.25. The Hall–Kier alpha value is -3.78. The second-order valence-electron chi connectivity index (χ2n) is 7.14. The van der Waals surface area contributed by atoms with E-state index in [1.54, 1.807) is 16.8 Å². The molecular weight excluding hydrogens is 383 g/mol. The highest BCUT2D eigenvalue weighted by Crippen LogP contribution is 2.30. The maximum absolute atomic E-state index is 13.3. The molecule has 5 rings (SSSR count). The lowest BCUT2D eigenvalue weighted by molar-refractivity contribution is 0.267. The Morgan fingerprint density at radius 2 is 1.83 bits per heavy atom. The number of rotatable bonds is 4. The fraction of sp³-hybridized carbons (Fsp3) is 0.136. The number of para-hydroxylation sites is 1. The van der Waals surface area contributed by atoms with E-state index in [0.29, 0.717) is 23.7 Å². The minimum atomic E-state index is -0.281. The molecule has 0 amide bonds. The molecule has 30 heavy (non-hydrogen) atoms. The van der Waals surface area contributed by atoms with Gasteiger partial charge in [-0.3, -0.25) is 4.68 Å². The molecule has 7 nitrogen and oxygen atoms in total. The van der Waals surface area contributed by atoms with Gasteiger partial charge in [-0.1, -0.05) is 18.2 Å². The lowest BCUT2D eigenvalue weighted by Crippen LogP contribution is -2.06. The highest BCUT2D eigenvalue weighted by Gasteiger charge is 2.18. The van der Waals surface area contributed by atoms with E-state index in [2.05, 4.69) is 15.1 Å². The fourth-order valence-corrected chi connectivity index (χ4v) is 3.85. The minimum Gasteiger partial charge on any atom is -0.388 e. The topological polar surface area (TPSA) is 94.8 Å². The third-order valence-electron chi connectivity index (χ3n) is 5.22. The first-order valence-electron chi connectivity index (χ1n) is 9.48. The van der Waals surface area contributed by atoms with Crippen molar-refractivity contribution in [1.82, 2.24) is 24.3 Å². The van der Waals surface area contributed by atoms with Gasteiger partial charge < -0.3 is 15.4 Å². The van der Waals surface area contributed by atoms with Crippen molar-refractivity contribution in [1.29, 1.82) is 0 Å². The van der Waals surface area contributed by atoms with Crippen LogP contribution < -0.4 is 5.73 Å². The molecule has 0 aliphatic heterocycles. The summed E-state index contributed by atoms with van der Waals surface area (Å²) in [6.07, 6.45) is 0. The lowest BCUT2D eigenvalue weighted by Gasteiger charge is -2.08. The molecule has 0 spiro atoms. The Morgan fingerprint density at radius 1 is 1.07 bits per heavy atom. The van der Waals surface area contributed by atoms with Crippen LogP contribution in [0.5, 0.6) is 0 Å². The van der Waals surface area contributed by atoms with E-state index in [-0.39, 0.29) is 12.4 Å². The number of imidazole rings is 1. The van der Waals surface area contributed by atoms with E-state index >= 15 is 0 Å². The molecule has 0 atom stereocenters. The Balaban J connectivity index is 1.66. The molecule has 0 aliphatic rings. The van der Waals surface area contributed by atoms with Crippen molar-refractivity contribution in [2.45, 2.75) is 13.2 Å². The number of pyridine rings is 1. The summed E-state index contributed by atoms with van der Waals surface area (Å²) >= 11 is 0. The number of nitrogens with two attached hydrogens (primary N) is 1. The van der Waals surface area contributed by atoms with E-state index < -0.39 is 0 Å². The van der Waals surface area contributed by atoms with Crippen LogP contribution in [-0.4, -0.2) is 29.4 Å². The van der Waals surface area contributed by atoms with Crippen LogP contribution in [-0.2, 0) is 20.2 Å². The van der Waals surface area contributed by atoms with Crippen LogP contribution in [0.4, 0.5) is 10.2 Å². The van der Waals surface area contributed by atoms with Gasteiger partial charge in [-0.15, -0.1) is 0 Å². The zero-order chi connectivity index (χ0) is 20.8. The van der Waals surface area contributed by atoms with Crippen LogP contribution in [0.2, 0.25) is 0 Å². The Morgan fingerprint density at radius 3 is 2.60 bits per heavy atom. The maximum Gasteiger partial charge on any atom is 0.152 e. The summed E-state index contributed by atoms with van der Waals surface area (Å²) in [6, 6.07) is 16.0. The van der Waals surface area contributed by atoms with Gasteiger partial charge in [0.15, 0.2) is 5.82 Å². The molecule has 8 heteroatoms. The van der Waals surface area contributed by atoms with Gasteiger partial charge in [0.25, 0.3) is 0 Å². The van der Waals surface area contributed by atoms with Crippen molar-refractivity contribution in [3.63, 3.8) is 0 Å². The van der Waals surface area contributed by atoms with E-state index in [0.717, 1.165) is 33.4 Å². The maximum atomic E-state index is 13.3. The summed E-state index contributed by atoms with van der Waals surface area (Å²) in [5.74, 6) is 0.533. The molecule has 0 saturated heterocycles. The Bertz CT molecular complexity index is 1390. The number of hydrogen-bond donors (Lipinski definition) is 2.